The molecule has 102 valence electrons. The summed E-state index contributed by atoms with van der Waals surface area (Å²) >= 11 is 0. The van der Waals surface area contributed by atoms with Gasteiger partial charge in [-0.2, -0.15) is 0 Å². The van der Waals surface area contributed by atoms with Crippen molar-refractivity contribution in [1.29, 1.82) is 0 Å². The molecule has 0 unspecified atom stereocenters. The standard InChI is InChI=1S/C13H20O5/c1-3-17-11(15)10(14)13(12(16)18-4-2)8-6-5-7-9-13/h3-9H2,1-2H3. The number of ketones is 1. The van der Waals surface area contributed by atoms with E-state index in [1.165, 1.54) is 0 Å². The van der Waals surface area contributed by atoms with Crippen molar-refractivity contribution in [3.63, 3.8) is 0 Å². The van der Waals surface area contributed by atoms with E-state index in [1.54, 1.807) is 13.8 Å². The lowest BCUT2D eigenvalue weighted by Crippen LogP contribution is -2.46. The molecule has 5 heteroatoms. The van der Waals surface area contributed by atoms with Gasteiger partial charge >= 0.3 is 11.9 Å². The maximum Gasteiger partial charge on any atom is 0.375 e. The van der Waals surface area contributed by atoms with Crippen LogP contribution in [-0.2, 0) is 23.9 Å². The van der Waals surface area contributed by atoms with Gasteiger partial charge < -0.3 is 9.47 Å². The Morgan fingerprint density at radius 1 is 0.944 bits per heavy atom. The van der Waals surface area contributed by atoms with Crippen LogP contribution in [0.25, 0.3) is 0 Å². The van der Waals surface area contributed by atoms with Gasteiger partial charge in [-0.05, 0) is 26.7 Å². The fourth-order valence-corrected chi connectivity index (χ4v) is 2.34. The maximum absolute atomic E-state index is 12.2. The van der Waals surface area contributed by atoms with Gasteiger partial charge in [-0.15, -0.1) is 0 Å². The summed E-state index contributed by atoms with van der Waals surface area (Å²) in [7, 11) is 0. The molecular formula is C13H20O5. The van der Waals surface area contributed by atoms with E-state index in [4.69, 9.17) is 9.47 Å². The SMILES string of the molecule is CCOC(=O)C(=O)C1(C(=O)OCC)CCCCC1. The van der Waals surface area contributed by atoms with E-state index in [2.05, 4.69) is 0 Å². The third-order valence-corrected chi connectivity index (χ3v) is 3.27. The van der Waals surface area contributed by atoms with Crippen LogP contribution in [0.1, 0.15) is 46.0 Å². The molecule has 5 nitrogen and oxygen atoms in total. The first-order valence-electron chi connectivity index (χ1n) is 6.47. The summed E-state index contributed by atoms with van der Waals surface area (Å²) in [5.41, 5.74) is -1.31. The van der Waals surface area contributed by atoms with Crippen molar-refractivity contribution in [3.05, 3.63) is 0 Å². The Bertz CT molecular complexity index is 328. The molecular weight excluding hydrogens is 236 g/mol. The molecule has 0 saturated heterocycles. The number of hydrogen-bond acceptors (Lipinski definition) is 5. The fourth-order valence-electron chi connectivity index (χ4n) is 2.34. The lowest BCUT2D eigenvalue weighted by molar-refractivity contribution is -0.170. The van der Waals surface area contributed by atoms with E-state index in [-0.39, 0.29) is 13.2 Å². The Kier molecular flexibility index (Phi) is 5.31. The number of hydrogen-bond donors (Lipinski definition) is 0. The molecule has 0 aromatic carbocycles. The van der Waals surface area contributed by atoms with Gasteiger partial charge in [0.1, 0.15) is 5.41 Å². The Morgan fingerprint density at radius 3 is 2.00 bits per heavy atom. The lowest BCUT2D eigenvalue weighted by Gasteiger charge is -2.32. The molecule has 0 aliphatic heterocycles. The van der Waals surface area contributed by atoms with Crippen LogP contribution in [-0.4, -0.2) is 30.9 Å². The zero-order chi connectivity index (χ0) is 13.6. The smallest absolute Gasteiger partial charge is 0.375 e. The van der Waals surface area contributed by atoms with Crippen LogP contribution >= 0.6 is 0 Å². The Balaban J connectivity index is 2.92. The molecule has 0 spiro atoms. The molecule has 0 radical (unpaired) electrons. The van der Waals surface area contributed by atoms with Crippen molar-refractivity contribution in [1.82, 2.24) is 0 Å². The number of carbonyl (C=O) groups excluding carboxylic acids is 3. The van der Waals surface area contributed by atoms with Crippen LogP contribution in [0, 0.1) is 5.41 Å². The minimum Gasteiger partial charge on any atom is -0.465 e. The van der Waals surface area contributed by atoms with E-state index < -0.39 is 23.1 Å². The second kappa shape index (κ2) is 6.52. The zero-order valence-electron chi connectivity index (χ0n) is 11.0. The first-order chi connectivity index (χ1) is 8.58. The highest BCUT2D eigenvalue weighted by molar-refractivity contribution is 6.39. The molecule has 0 bridgehead atoms. The summed E-state index contributed by atoms with van der Waals surface area (Å²) in [6.45, 7) is 3.65. The van der Waals surface area contributed by atoms with E-state index >= 15 is 0 Å². The Hall–Kier alpha value is -1.39. The number of ether oxygens (including phenoxy) is 2. The average molecular weight is 256 g/mol. The van der Waals surface area contributed by atoms with Crippen LogP contribution in [0.4, 0.5) is 0 Å². The molecule has 0 aromatic heterocycles. The number of rotatable bonds is 5. The molecule has 0 atom stereocenters. The summed E-state index contributed by atoms with van der Waals surface area (Å²) in [4.78, 5) is 35.7. The van der Waals surface area contributed by atoms with Crippen LogP contribution in [0.3, 0.4) is 0 Å². The maximum atomic E-state index is 12.2. The second-order valence-electron chi connectivity index (χ2n) is 4.41. The van der Waals surface area contributed by atoms with Crippen molar-refractivity contribution >= 4 is 17.7 Å². The molecule has 1 aliphatic rings. The van der Waals surface area contributed by atoms with Crippen molar-refractivity contribution in [2.45, 2.75) is 46.0 Å². The molecule has 0 N–H and O–H groups in total. The first-order valence-corrected chi connectivity index (χ1v) is 6.47. The van der Waals surface area contributed by atoms with Crippen LogP contribution in [0.2, 0.25) is 0 Å². The predicted octanol–water partition coefficient (Wildman–Crippen LogP) is 1.63. The van der Waals surface area contributed by atoms with Gasteiger partial charge in [0, 0.05) is 0 Å². The number of Topliss-reactive ketones (excluding diaryl/α,β-unsaturated/α-hetero) is 1. The topological polar surface area (TPSA) is 69.7 Å². The van der Waals surface area contributed by atoms with Crippen molar-refractivity contribution in [3.8, 4) is 0 Å². The van der Waals surface area contributed by atoms with E-state index in [0.717, 1.165) is 19.3 Å². The van der Waals surface area contributed by atoms with Crippen molar-refractivity contribution in [2.24, 2.45) is 5.41 Å². The summed E-state index contributed by atoms with van der Waals surface area (Å²) in [5.74, 6) is -2.25. The third kappa shape index (κ3) is 2.89. The van der Waals surface area contributed by atoms with E-state index in [0.29, 0.717) is 12.8 Å². The number of carbonyl (C=O) groups is 3. The summed E-state index contributed by atoms with van der Waals surface area (Å²) in [6, 6.07) is 0. The molecule has 18 heavy (non-hydrogen) atoms. The molecule has 1 aliphatic carbocycles. The Morgan fingerprint density at radius 2 is 1.50 bits per heavy atom. The van der Waals surface area contributed by atoms with Crippen LogP contribution < -0.4 is 0 Å². The summed E-state index contributed by atoms with van der Waals surface area (Å²) in [5, 5.41) is 0. The highest BCUT2D eigenvalue weighted by Crippen LogP contribution is 2.38. The number of esters is 2. The van der Waals surface area contributed by atoms with Crippen LogP contribution in [0.5, 0.6) is 0 Å². The second-order valence-corrected chi connectivity index (χ2v) is 4.41. The molecule has 1 fully saturated rings. The normalized spacial score (nSPS) is 17.9. The predicted molar refractivity (Wildman–Crippen MR) is 63.8 cm³/mol. The van der Waals surface area contributed by atoms with Crippen molar-refractivity contribution < 1.29 is 23.9 Å². The highest BCUT2D eigenvalue weighted by Gasteiger charge is 2.50. The van der Waals surface area contributed by atoms with Gasteiger partial charge in [0.25, 0.3) is 5.78 Å². The van der Waals surface area contributed by atoms with E-state index in [1.807, 2.05) is 0 Å². The monoisotopic (exact) mass is 256 g/mol. The van der Waals surface area contributed by atoms with Gasteiger partial charge in [0.2, 0.25) is 0 Å². The zero-order valence-corrected chi connectivity index (χ0v) is 11.0. The first kappa shape index (κ1) is 14.7. The summed E-state index contributed by atoms with van der Waals surface area (Å²) in [6.07, 6.45) is 3.23. The largest absolute Gasteiger partial charge is 0.465 e. The Labute approximate surface area is 107 Å². The molecule has 0 amide bonds. The average Bonchev–Trinajstić information content (AvgIpc) is 2.39. The molecule has 0 heterocycles. The highest BCUT2D eigenvalue weighted by atomic mass is 16.5. The minimum absolute atomic E-state index is 0.128. The van der Waals surface area contributed by atoms with Gasteiger partial charge in [0.15, 0.2) is 0 Å². The quantitative estimate of drug-likeness (QED) is 0.425. The van der Waals surface area contributed by atoms with Gasteiger partial charge in [0.05, 0.1) is 13.2 Å². The minimum atomic E-state index is -1.31. The van der Waals surface area contributed by atoms with Gasteiger partial charge in [-0.3, -0.25) is 9.59 Å². The lowest BCUT2D eigenvalue weighted by atomic mass is 9.71. The molecule has 1 saturated carbocycles. The molecule has 1 rings (SSSR count). The van der Waals surface area contributed by atoms with Gasteiger partial charge in [-0.25, -0.2) is 4.79 Å². The fraction of sp³-hybridized carbons (Fsp3) is 0.769. The molecule has 0 aromatic rings. The van der Waals surface area contributed by atoms with Crippen molar-refractivity contribution in [2.75, 3.05) is 13.2 Å². The van der Waals surface area contributed by atoms with E-state index in [9.17, 15) is 14.4 Å². The van der Waals surface area contributed by atoms with Gasteiger partial charge in [-0.1, -0.05) is 19.3 Å². The summed E-state index contributed by atoms with van der Waals surface area (Å²) < 4.78 is 9.68. The third-order valence-electron chi connectivity index (χ3n) is 3.27. The van der Waals surface area contributed by atoms with Crippen LogP contribution in [0.15, 0.2) is 0 Å².